The highest BCUT2D eigenvalue weighted by atomic mass is 19.3. The third kappa shape index (κ3) is 4.47. The normalized spacial score (nSPS) is 16.9. The molecule has 0 saturated heterocycles. The Balaban J connectivity index is 1.91. The molecule has 2 heterocycles. The second-order valence-corrected chi connectivity index (χ2v) is 7.69. The summed E-state index contributed by atoms with van der Waals surface area (Å²) in [5.41, 5.74) is 7.22. The van der Waals surface area contributed by atoms with Crippen LogP contribution in [-0.2, 0) is 6.54 Å². The van der Waals surface area contributed by atoms with Crippen molar-refractivity contribution in [3.8, 4) is 0 Å². The number of anilines is 1. The quantitative estimate of drug-likeness (QED) is 0.622. The van der Waals surface area contributed by atoms with Crippen molar-refractivity contribution in [3.05, 3.63) is 47.6 Å². The Labute approximate surface area is 171 Å². The van der Waals surface area contributed by atoms with Crippen molar-refractivity contribution in [1.82, 2.24) is 14.8 Å². The summed E-state index contributed by atoms with van der Waals surface area (Å²) in [5.74, 6) is -4.82. The van der Waals surface area contributed by atoms with E-state index in [0.717, 1.165) is 0 Å². The van der Waals surface area contributed by atoms with E-state index in [0.29, 0.717) is 22.6 Å². The molecule has 1 aliphatic carbocycles. The minimum Gasteiger partial charge on any atom is -0.364 e. The third-order valence-electron chi connectivity index (χ3n) is 5.23. The van der Waals surface area contributed by atoms with Gasteiger partial charge in [0.15, 0.2) is 0 Å². The predicted octanol–water partition coefficient (Wildman–Crippen LogP) is 4.18. The lowest BCUT2D eigenvalue weighted by Crippen LogP contribution is -2.38. The van der Waals surface area contributed by atoms with Gasteiger partial charge in [0.2, 0.25) is 12.3 Å². The fraction of sp³-hybridized carbons (Fsp3) is 0.450. The summed E-state index contributed by atoms with van der Waals surface area (Å²) in [6.07, 6.45) is -1.76. The van der Waals surface area contributed by atoms with Crippen LogP contribution < -0.4 is 11.1 Å². The van der Waals surface area contributed by atoms with Crippen molar-refractivity contribution < 1.29 is 22.4 Å². The second kappa shape index (κ2) is 8.08. The van der Waals surface area contributed by atoms with E-state index in [9.17, 15) is 22.4 Å². The molecule has 0 radical (unpaired) electrons. The topological polar surface area (TPSA) is 85.8 Å². The molecule has 1 aliphatic rings. The van der Waals surface area contributed by atoms with Gasteiger partial charge >= 0.3 is 0 Å². The summed E-state index contributed by atoms with van der Waals surface area (Å²) >= 11 is 0. The van der Waals surface area contributed by atoms with Crippen molar-refractivity contribution >= 4 is 17.3 Å². The van der Waals surface area contributed by atoms with Gasteiger partial charge in [-0.25, -0.2) is 17.6 Å². The van der Waals surface area contributed by atoms with E-state index in [-0.39, 0.29) is 36.7 Å². The molecule has 1 fully saturated rings. The zero-order valence-corrected chi connectivity index (χ0v) is 16.6. The number of nitrogens with two attached hydrogens (primary N) is 1. The van der Waals surface area contributed by atoms with E-state index < -0.39 is 24.2 Å². The molecule has 10 heteroatoms. The number of nitrogens with zero attached hydrogens (tertiary/aromatic N) is 3. The molecule has 162 valence electrons. The van der Waals surface area contributed by atoms with E-state index in [1.165, 1.54) is 23.9 Å². The lowest BCUT2D eigenvalue weighted by Gasteiger charge is -2.35. The summed E-state index contributed by atoms with van der Waals surface area (Å²) in [7, 11) is 0. The van der Waals surface area contributed by atoms with Crippen LogP contribution in [0.25, 0.3) is 5.70 Å². The van der Waals surface area contributed by atoms with Gasteiger partial charge in [0.05, 0.1) is 23.0 Å². The summed E-state index contributed by atoms with van der Waals surface area (Å²) < 4.78 is 54.6. The average molecular weight is 425 g/mol. The average Bonchev–Trinajstić information content (AvgIpc) is 2.95. The van der Waals surface area contributed by atoms with Crippen molar-refractivity contribution in [2.45, 2.75) is 51.5 Å². The molecule has 0 bridgehead atoms. The van der Waals surface area contributed by atoms with Crippen LogP contribution in [0, 0.1) is 12.8 Å². The van der Waals surface area contributed by atoms with Gasteiger partial charge in [-0.05, 0) is 25.0 Å². The molecular weight excluding hydrogens is 402 g/mol. The van der Waals surface area contributed by atoms with Crippen molar-refractivity contribution in [2.75, 3.05) is 5.32 Å². The van der Waals surface area contributed by atoms with Crippen LogP contribution in [0.4, 0.5) is 23.2 Å². The molecule has 1 saturated carbocycles. The number of primary amides is 1. The number of halogens is 4. The summed E-state index contributed by atoms with van der Waals surface area (Å²) in [6.45, 7) is 7.16. The lowest BCUT2D eigenvalue weighted by atomic mass is 9.81. The molecule has 6 nitrogen and oxygen atoms in total. The number of pyridine rings is 1. The standard InChI is InChI=1S/C20H23F4N5O/c1-10-16(11(2)18(21)22)28-29(9-13-7-20(23,24)8-13)17(10)12(3)27-14-4-5-26-15(6-14)19(25)30/h4-6,11,13,18H,3,7-9H2,1-2H3,(H2,25,30)(H,26,27). The Kier molecular flexibility index (Phi) is 5.87. The monoisotopic (exact) mass is 425 g/mol. The maximum absolute atomic E-state index is 13.3. The largest absolute Gasteiger partial charge is 0.364 e. The fourth-order valence-electron chi connectivity index (χ4n) is 3.67. The molecule has 0 aliphatic heterocycles. The smallest absolute Gasteiger partial charge is 0.267 e. The number of nitrogens with one attached hydrogen (secondary N) is 1. The molecule has 30 heavy (non-hydrogen) atoms. The summed E-state index contributed by atoms with van der Waals surface area (Å²) in [5, 5.41) is 7.32. The number of hydrogen-bond acceptors (Lipinski definition) is 4. The fourth-order valence-corrected chi connectivity index (χ4v) is 3.67. The third-order valence-corrected chi connectivity index (χ3v) is 5.23. The highest BCUT2D eigenvalue weighted by Crippen LogP contribution is 2.43. The van der Waals surface area contributed by atoms with E-state index in [1.807, 2.05) is 0 Å². The Hall–Kier alpha value is -2.91. The van der Waals surface area contributed by atoms with Gasteiger partial charge < -0.3 is 11.1 Å². The summed E-state index contributed by atoms with van der Waals surface area (Å²) in [6, 6.07) is 3.02. The number of carbonyl (C=O) groups is 1. The summed E-state index contributed by atoms with van der Waals surface area (Å²) in [4.78, 5) is 15.2. The molecular formula is C20H23F4N5O. The number of rotatable bonds is 8. The minimum absolute atomic E-state index is 0.0433. The molecule has 2 aromatic heterocycles. The zero-order chi connectivity index (χ0) is 22.2. The maximum Gasteiger partial charge on any atom is 0.267 e. The minimum atomic E-state index is -2.69. The highest BCUT2D eigenvalue weighted by molar-refractivity contribution is 5.92. The Morgan fingerprint density at radius 3 is 2.67 bits per heavy atom. The van der Waals surface area contributed by atoms with Crippen molar-refractivity contribution in [1.29, 1.82) is 0 Å². The van der Waals surface area contributed by atoms with Crippen molar-refractivity contribution in [3.63, 3.8) is 0 Å². The number of hydrogen-bond donors (Lipinski definition) is 2. The number of amides is 1. The van der Waals surface area contributed by atoms with Gasteiger partial charge in [-0.3, -0.25) is 14.5 Å². The number of alkyl halides is 4. The van der Waals surface area contributed by atoms with E-state index in [1.54, 1.807) is 13.0 Å². The first kappa shape index (κ1) is 21.8. The van der Waals surface area contributed by atoms with E-state index in [2.05, 4.69) is 22.0 Å². The van der Waals surface area contributed by atoms with Crippen LogP contribution in [0.2, 0.25) is 0 Å². The van der Waals surface area contributed by atoms with Gasteiger partial charge in [0.1, 0.15) is 5.69 Å². The van der Waals surface area contributed by atoms with Crippen LogP contribution in [0.3, 0.4) is 0 Å². The van der Waals surface area contributed by atoms with E-state index >= 15 is 0 Å². The van der Waals surface area contributed by atoms with Gasteiger partial charge in [0, 0.05) is 36.8 Å². The predicted molar refractivity (Wildman–Crippen MR) is 104 cm³/mol. The first-order valence-corrected chi connectivity index (χ1v) is 9.44. The molecule has 0 spiro atoms. The van der Waals surface area contributed by atoms with Crippen LogP contribution >= 0.6 is 0 Å². The maximum atomic E-state index is 13.3. The number of carbonyl (C=O) groups excluding carboxylic acids is 1. The van der Waals surface area contributed by atoms with Gasteiger partial charge in [0.25, 0.3) is 5.91 Å². The Morgan fingerprint density at radius 2 is 2.10 bits per heavy atom. The molecule has 3 N–H and O–H groups in total. The molecule has 1 unspecified atom stereocenters. The Bertz CT molecular complexity index is 964. The molecule has 1 atom stereocenters. The zero-order valence-electron chi connectivity index (χ0n) is 16.6. The second-order valence-electron chi connectivity index (χ2n) is 7.69. The van der Waals surface area contributed by atoms with Crippen LogP contribution in [0.5, 0.6) is 0 Å². The van der Waals surface area contributed by atoms with Crippen LogP contribution in [-0.4, -0.2) is 33.0 Å². The highest BCUT2D eigenvalue weighted by Gasteiger charge is 2.45. The SMILES string of the molecule is C=C(Nc1ccnc(C(N)=O)c1)c1c(C)c(C(C)C(F)F)nn1CC1CC(F)(F)C1. The first-order chi connectivity index (χ1) is 14.0. The van der Waals surface area contributed by atoms with Crippen LogP contribution in [0.15, 0.2) is 24.9 Å². The van der Waals surface area contributed by atoms with Gasteiger partial charge in [-0.15, -0.1) is 0 Å². The number of aromatic nitrogens is 3. The Morgan fingerprint density at radius 1 is 1.43 bits per heavy atom. The van der Waals surface area contributed by atoms with Crippen molar-refractivity contribution in [2.24, 2.45) is 11.7 Å². The molecule has 0 aromatic carbocycles. The van der Waals surface area contributed by atoms with Gasteiger partial charge in [-0.1, -0.05) is 13.5 Å². The molecule has 2 aromatic rings. The lowest BCUT2D eigenvalue weighted by molar-refractivity contribution is -0.114. The van der Waals surface area contributed by atoms with E-state index in [4.69, 9.17) is 5.73 Å². The molecule has 3 rings (SSSR count). The van der Waals surface area contributed by atoms with Gasteiger partial charge in [-0.2, -0.15) is 5.10 Å². The van der Waals surface area contributed by atoms with Crippen LogP contribution in [0.1, 0.15) is 53.1 Å². The first-order valence-electron chi connectivity index (χ1n) is 9.44. The molecule has 1 amide bonds.